The third-order valence-electron chi connectivity index (χ3n) is 3.48. The standard InChI is InChI=1S/C19H16N2O3S/c1-12(22)20-15-8-6-13(7-9-15)10-14(11-18(23)24)19-21-16-4-2-3-5-17(16)25-19/h2-10H,11H2,1H3,(H,20,22)(H,23,24). The summed E-state index contributed by atoms with van der Waals surface area (Å²) in [5.74, 6) is -1.04. The van der Waals surface area contributed by atoms with Gasteiger partial charge in [-0.3, -0.25) is 9.59 Å². The summed E-state index contributed by atoms with van der Waals surface area (Å²) in [6.45, 7) is 1.45. The number of hydrogen-bond acceptors (Lipinski definition) is 4. The number of aliphatic carboxylic acids is 1. The summed E-state index contributed by atoms with van der Waals surface area (Å²) >= 11 is 1.48. The average molecular weight is 352 g/mol. The van der Waals surface area contributed by atoms with E-state index in [2.05, 4.69) is 10.3 Å². The molecular formula is C19H16N2O3S. The average Bonchev–Trinajstić information content (AvgIpc) is 2.99. The molecule has 5 nitrogen and oxygen atoms in total. The van der Waals surface area contributed by atoms with Crippen LogP contribution < -0.4 is 5.32 Å². The Morgan fingerprint density at radius 3 is 2.52 bits per heavy atom. The third kappa shape index (κ3) is 4.30. The second-order valence-electron chi connectivity index (χ2n) is 5.53. The lowest BCUT2D eigenvalue weighted by Crippen LogP contribution is -2.05. The van der Waals surface area contributed by atoms with Crippen molar-refractivity contribution in [2.75, 3.05) is 5.32 Å². The fourth-order valence-electron chi connectivity index (χ4n) is 2.43. The van der Waals surface area contributed by atoms with Crippen molar-refractivity contribution in [2.45, 2.75) is 13.3 Å². The Kier molecular flexibility index (Phi) is 4.90. The molecule has 0 fully saturated rings. The zero-order valence-electron chi connectivity index (χ0n) is 13.5. The van der Waals surface area contributed by atoms with E-state index < -0.39 is 5.97 Å². The van der Waals surface area contributed by atoms with Gasteiger partial charge in [-0.2, -0.15) is 0 Å². The molecular weight excluding hydrogens is 336 g/mol. The van der Waals surface area contributed by atoms with Crippen molar-refractivity contribution < 1.29 is 14.7 Å². The number of aromatic nitrogens is 1. The summed E-state index contributed by atoms with van der Waals surface area (Å²) in [4.78, 5) is 26.9. The SMILES string of the molecule is CC(=O)Nc1ccc(C=C(CC(=O)O)c2nc3ccccc3s2)cc1. The van der Waals surface area contributed by atoms with Crippen LogP contribution in [0, 0.1) is 0 Å². The Labute approximate surface area is 148 Å². The molecule has 126 valence electrons. The fraction of sp³-hybridized carbons (Fsp3) is 0.105. The first-order valence-electron chi connectivity index (χ1n) is 7.67. The van der Waals surface area contributed by atoms with Gasteiger partial charge in [0.1, 0.15) is 5.01 Å². The van der Waals surface area contributed by atoms with Crippen LogP contribution in [0.2, 0.25) is 0 Å². The number of carboxylic acids is 1. The van der Waals surface area contributed by atoms with Crippen LogP contribution in [0.5, 0.6) is 0 Å². The number of carbonyl (C=O) groups excluding carboxylic acids is 1. The van der Waals surface area contributed by atoms with Crippen molar-refractivity contribution >= 4 is 50.8 Å². The van der Waals surface area contributed by atoms with Gasteiger partial charge in [0.15, 0.2) is 0 Å². The van der Waals surface area contributed by atoms with Gasteiger partial charge in [-0.05, 0) is 41.5 Å². The van der Waals surface area contributed by atoms with Crippen molar-refractivity contribution in [3.05, 3.63) is 59.1 Å². The van der Waals surface area contributed by atoms with E-state index in [4.69, 9.17) is 0 Å². The summed E-state index contributed by atoms with van der Waals surface area (Å²) in [7, 11) is 0. The lowest BCUT2D eigenvalue weighted by molar-refractivity contribution is -0.135. The van der Waals surface area contributed by atoms with Crippen LogP contribution in [-0.4, -0.2) is 22.0 Å². The van der Waals surface area contributed by atoms with Crippen molar-refractivity contribution in [1.29, 1.82) is 0 Å². The number of amides is 1. The van der Waals surface area contributed by atoms with Crippen molar-refractivity contribution in [3.63, 3.8) is 0 Å². The van der Waals surface area contributed by atoms with Gasteiger partial charge >= 0.3 is 5.97 Å². The molecule has 0 atom stereocenters. The highest BCUT2D eigenvalue weighted by molar-refractivity contribution is 7.19. The molecule has 0 radical (unpaired) electrons. The first-order chi connectivity index (χ1) is 12.0. The lowest BCUT2D eigenvalue weighted by Gasteiger charge is -2.04. The van der Waals surface area contributed by atoms with Gasteiger partial charge in [-0.1, -0.05) is 24.3 Å². The highest BCUT2D eigenvalue weighted by atomic mass is 32.1. The van der Waals surface area contributed by atoms with Gasteiger partial charge in [0.05, 0.1) is 16.6 Å². The number of nitrogens with one attached hydrogen (secondary N) is 1. The maximum absolute atomic E-state index is 11.3. The van der Waals surface area contributed by atoms with Gasteiger partial charge in [0.25, 0.3) is 0 Å². The molecule has 3 aromatic rings. The van der Waals surface area contributed by atoms with Crippen molar-refractivity contribution in [1.82, 2.24) is 4.98 Å². The fourth-order valence-corrected chi connectivity index (χ4v) is 3.41. The molecule has 3 rings (SSSR count). The molecule has 2 aromatic carbocycles. The number of carbonyl (C=O) groups is 2. The first-order valence-corrected chi connectivity index (χ1v) is 8.49. The number of rotatable bonds is 5. The monoisotopic (exact) mass is 352 g/mol. The summed E-state index contributed by atoms with van der Waals surface area (Å²) in [6.07, 6.45) is 1.72. The summed E-state index contributed by atoms with van der Waals surface area (Å²) in [5.41, 5.74) is 3.06. The van der Waals surface area contributed by atoms with Crippen LogP contribution in [0.15, 0.2) is 48.5 Å². The highest BCUT2D eigenvalue weighted by Gasteiger charge is 2.12. The van der Waals surface area contributed by atoms with Gasteiger partial charge in [-0.25, -0.2) is 4.98 Å². The number of nitrogens with zero attached hydrogens (tertiary/aromatic N) is 1. The van der Waals surface area contributed by atoms with E-state index in [1.807, 2.05) is 42.5 Å². The first kappa shape index (κ1) is 16.9. The zero-order valence-corrected chi connectivity index (χ0v) is 14.3. The Balaban J connectivity index is 1.95. The molecule has 1 amide bonds. The second kappa shape index (κ2) is 7.27. The van der Waals surface area contributed by atoms with Gasteiger partial charge in [0, 0.05) is 12.6 Å². The minimum Gasteiger partial charge on any atom is -0.481 e. The number of carboxylic acid groups (broad SMARTS) is 1. The van der Waals surface area contributed by atoms with E-state index in [1.165, 1.54) is 18.3 Å². The molecule has 0 aliphatic heterocycles. The van der Waals surface area contributed by atoms with Crippen LogP contribution in [-0.2, 0) is 9.59 Å². The molecule has 1 heterocycles. The molecule has 1 aromatic heterocycles. The minimum absolute atomic E-state index is 0.104. The van der Waals surface area contributed by atoms with E-state index in [0.717, 1.165) is 15.8 Å². The van der Waals surface area contributed by atoms with Crippen LogP contribution in [0.25, 0.3) is 21.9 Å². The second-order valence-corrected chi connectivity index (χ2v) is 6.56. The van der Waals surface area contributed by atoms with Gasteiger partial charge in [-0.15, -0.1) is 11.3 Å². The molecule has 0 aliphatic rings. The van der Waals surface area contributed by atoms with Crippen LogP contribution in [0.3, 0.4) is 0 Å². The topological polar surface area (TPSA) is 79.3 Å². The summed E-state index contributed by atoms with van der Waals surface area (Å²) in [6, 6.07) is 15.0. The molecule has 0 spiro atoms. The van der Waals surface area contributed by atoms with Gasteiger partial charge < -0.3 is 10.4 Å². The Bertz CT molecular complexity index is 925. The summed E-state index contributed by atoms with van der Waals surface area (Å²) < 4.78 is 1.02. The molecule has 0 aliphatic carbocycles. The Hall–Kier alpha value is -2.99. The Morgan fingerprint density at radius 1 is 1.16 bits per heavy atom. The van der Waals surface area contributed by atoms with Crippen molar-refractivity contribution in [3.8, 4) is 0 Å². The number of hydrogen-bond donors (Lipinski definition) is 2. The maximum atomic E-state index is 11.3. The normalized spacial score (nSPS) is 11.5. The van der Waals surface area contributed by atoms with Crippen molar-refractivity contribution in [2.24, 2.45) is 0 Å². The van der Waals surface area contributed by atoms with E-state index in [1.54, 1.807) is 12.1 Å². The molecule has 25 heavy (non-hydrogen) atoms. The van der Waals surface area contributed by atoms with Crippen LogP contribution in [0.4, 0.5) is 5.69 Å². The predicted molar refractivity (Wildman–Crippen MR) is 100 cm³/mol. The molecule has 0 saturated heterocycles. The maximum Gasteiger partial charge on any atom is 0.307 e. The van der Waals surface area contributed by atoms with E-state index in [0.29, 0.717) is 16.3 Å². The molecule has 6 heteroatoms. The minimum atomic E-state index is -0.902. The number of thiazole rings is 1. The van der Waals surface area contributed by atoms with E-state index in [9.17, 15) is 14.7 Å². The Morgan fingerprint density at radius 2 is 1.88 bits per heavy atom. The third-order valence-corrected chi connectivity index (χ3v) is 4.59. The molecule has 0 unspecified atom stereocenters. The molecule has 2 N–H and O–H groups in total. The molecule has 0 bridgehead atoms. The lowest BCUT2D eigenvalue weighted by atomic mass is 10.1. The smallest absolute Gasteiger partial charge is 0.307 e. The number of para-hydroxylation sites is 1. The zero-order chi connectivity index (χ0) is 17.8. The number of anilines is 1. The van der Waals surface area contributed by atoms with Gasteiger partial charge in [0.2, 0.25) is 5.91 Å². The number of benzene rings is 2. The highest BCUT2D eigenvalue weighted by Crippen LogP contribution is 2.30. The quantitative estimate of drug-likeness (QED) is 0.719. The summed E-state index contributed by atoms with van der Waals surface area (Å²) in [5, 5.41) is 12.6. The predicted octanol–water partition coefficient (Wildman–Crippen LogP) is 4.27. The number of fused-ring (bicyclic) bond motifs is 1. The largest absolute Gasteiger partial charge is 0.481 e. The van der Waals surface area contributed by atoms with Crippen LogP contribution in [0.1, 0.15) is 23.9 Å². The molecule has 0 saturated carbocycles. The van der Waals surface area contributed by atoms with E-state index >= 15 is 0 Å². The van der Waals surface area contributed by atoms with Crippen LogP contribution >= 0.6 is 11.3 Å². The van der Waals surface area contributed by atoms with E-state index in [-0.39, 0.29) is 12.3 Å².